The van der Waals surface area contributed by atoms with Gasteiger partial charge >= 0.3 is 0 Å². The molecule has 0 fully saturated rings. The Morgan fingerprint density at radius 3 is 2.57 bits per heavy atom. The van der Waals surface area contributed by atoms with Crippen LogP contribution < -0.4 is 5.56 Å². The third-order valence-electron chi connectivity index (χ3n) is 6.26. The van der Waals surface area contributed by atoms with Gasteiger partial charge in [-0.05, 0) is 36.6 Å². The highest BCUT2D eigenvalue weighted by Crippen LogP contribution is 2.36. The standard InChI is InChI=1S/C27H25N5OS2/c1-18(2)17-34-27-29-28-26-31(20-11-7-4-8-12-20)24(33)23-21-13-14-30(15-19-9-5-3-6-10-19)16-22(21)35-25(23)32(26)27/h3-12H,1,13-17H2,2H3. The molecule has 1 aliphatic rings. The number of nitrogens with zero attached hydrogens (tertiary/aromatic N) is 5. The Labute approximate surface area is 211 Å². The van der Waals surface area contributed by atoms with E-state index in [1.807, 2.05) is 37.3 Å². The van der Waals surface area contributed by atoms with Crippen molar-refractivity contribution in [2.75, 3.05) is 12.3 Å². The summed E-state index contributed by atoms with van der Waals surface area (Å²) >= 11 is 3.32. The minimum Gasteiger partial charge on any atom is -0.294 e. The fourth-order valence-electron chi connectivity index (χ4n) is 4.68. The molecule has 1 aliphatic heterocycles. The monoisotopic (exact) mass is 499 g/mol. The molecule has 3 aromatic heterocycles. The molecule has 0 saturated carbocycles. The maximum Gasteiger partial charge on any atom is 0.268 e. The van der Waals surface area contributed by atoms with E-state index in [1.165, 1.54) is 16.0 Å². The molecule has 0 amide bonds. The fraction of sp³-hybridized carbons (Fsp3) is 0.222. The Morgan fingerprint density at radius 2 is 1.83 bits per heavy atom. The summed E-state index contributed by atoms with van der Waals surface area (Å²) in [6, 6.07) is 20.3. The molecule has 2 aromatic carbocycles. The second-order valence-corrected chi connectivity index (χ2v) is 11.0. The lowest BCUT2D eigenvalue weighted by molar-refractivity contribution is 0.249. The molecule has 0 bridgehead atoms. The van der Waals surface area contributed by atoms with Gasteiger partial charge in [0.15, 0.2) is 5.16 Å². The van der Waals surface area contributed by atoms with Crippen LogP contribution in [-0.2, 0) is 19.5 Å². The number of thioether (sulfide) groups is 1. The summed E-state index contributed by atoms with van der Waals surface area (Å²) in [5.41, 5.74) is 4.34. The van der Waals surface area contributed by atoms with Crippen LogP contribution in [0.15, 0.2) is 82.8 Å². The topological polar surface area (TPSA) is 55.4 Å². The van der Waals surface area contributed by atoms with Crippen LogP contribution in [0.4, 0.5) is 0 Å². The minimum absolute atomic E-state index is 0.0171. The van der Waals surface area contributed by atoms with E-state index in [9.17, 15) is 4.79 Å². The van der Waals surface area contributed by atoms with Crippen LogP contribution in [0.5, 0.6) is 0 Å². The van der Waals surface area contributed by atoms with Crippen molar-refractivity contribution in [2.45, 2.75) is 31.6 Å². The van der Waals surface area contributed by atoms with Crippen molar-refractivity contribution >= 4 is 39.1 Å². The van der Waals surface area contributed by atoms with Gasteiger partial charge in [0, 0.05) is 30.3 Å². The second kappa shape index (κ2) is 9.11. The summed E-state index contributed by atoms with van der Waals surface area (Å²) in [5.74, 6) is 1.31. The summed E-state index contributed by atoms with van der Waals surface area (Å²) in [4.78, 5) is 18.6. The molecule has 35 heavy (non-hydrogen) atoms. The summed E-state index contributed by atoms with van der Waals surface area (Å²) in [5, 5.41) is 10.6. The first-order chi connectivity index (χ1) is 17.1. The highest BCUT2D eigenvalue weighted by atomic mass is 32.2. The first kappa shape index (κ1) is 22.3. The lowest BCUT2D eigenvalue weighted by atomic mass is 10.0. The van der Waals surface area contributed by atoms with Crippen LogP contribution in [0.2, 0.25) is 0 Å². The summed E-state index contributed by atoms with van der Waals surface area (Å²) in [7, 11) is 0. The van der Waals surface area contributed by atoms with Crippen molar-refractivity contribution in [1.29, 1.82) is 0 Å². The molecular formula is C27H25N5OS2. The molecule has 0 saturated heterocycles. The average molecular weight is 500 g/mol. The molecule has 176 valence electrons. The van der Waals surface area contributed by atoms with E-state index in [1.54, 1.807) is 27.7 Å². The van der Waals surface area contributed by atoms with E-state index in [0.717, 1.165) is 58.4 Å². The molecule has 8 heteroatoms. The predicted molar refractivity (Wildman–Crippen MR) is 144 cm³/mol. The van der Waals surface area contributed by atoms with Gasteiger partial charge in [0.1, 0.15) is 4.83 Å². The molecule has 0 aliphatic carbocycles. The quantitative estimate of drug-likeness (QED) is 0.234. The molecule has 6 rings (SSSR count). The van der Waals surface area contributed by atoms with Crippen LogP contribution in [0.25, 0.3) is 21.7 Å². The van der Waals surface area contributed by atoms with Crippen LogP contribution in [0, 0.1) is 0 Å². The van der Waals surface area contributed by atoms with Crippen molar-refractivity contribution in [1.82, 2.24) is 24.1 Å². The number of rotatable bonds is 6. The van der Waals surface area contributed by atoms with Crippen molar-refractivity contribution in [2.24, 2.45) is 0 Å². The Morgan fingerprint density at radius 1 is 1.09 bits per heavy atom. The van der Waals surface area contributed by atoms with E-state index in [-0.39, 0.29) is 5.56 Å². The molecular weight excluding hydrogens is 474 g/mol. The molecule has 6 nitrogen and oxygen atoms in total. The zero-order valence-electron chi connectivity index (χ0n) is 19.5. The van der Waals surface area contributed by atoms with Crippen LogP contribution >= 0.6 is 23.1 Å². The average Bonchev–Trinajstić information content (AvgIpc) is 3.45. The first-order valence-corrected chi connectivity index (χ1v) is 13.4. The third kappa shape index (κ3) is 4.01. The van der Waals surface area contributed by atoms with E-state index in [0.29, 0.717) is 5.78 Å². The number of para-hydroxylation sites is 1. The zero-order chi connectivity index (χ0) is 23.9. The van der Waals surface area contributed by atoms with Gasteiger partial charge in [0.25, 0.3) is 5.56 Å². The Balaban J connectivity index is 1.53. The van der Waals surface area contributed by atoms with Gasteiger partial charge in [-0.3, -0.25) is 9.69 Å². The fourth-order valence-corrected chi connectivity index (χ4v) is 6.89. The number of aromatic nitrogens is 4. The highest BCUT2D eigenvalue weighted by Gasteiger charge is 2.27. The third-order valence-corrected chi connectivity index (χ3v) is 8.63. The molecule has 0 N–H and O–H groups in total. The zero-order valence-corrected chi connectivity index (χ0v) is 21.1. The van der Waals surface area contributed by atoms with Gasteiger partial charge in [-0.15, -0.1) is 21.5 Å². The minimum atomic E-state index is -0.0171. The van der Waals surface area contributed by atoms with Gasteiger partial charge in [0.2, 0.25) is 5.78 Å². The Hall–Kier alpha value is -3.20. The molecule has 5 aromatic rings. The smallest absolute Gasteiger partial charge is 0.268 e. The van der Waals surface area contributed by atoms with Gasteiger partial charge < -0.3 is 0 Å². The van der Waals surface area contributed by atoms with E-state index in [2.05, 4.69) is 56.4 Å². The molecule has 0 atom stereocenters. The van der Waals surface area contributed by atoms with Crippen molar-refractivity contribution < 1.29 is 0 Å². The predicted octanol–water partition coefficient (Wildman–Crippen LogP) is 5.32. The number of thiophene rings is 1. The normalized spacial score (nSPS) is 14.0. The lowest BCUT2D eigenvalue weighted by Gasteiger charge is -2.26. The summed E-state index contributed by atoms with van der Waals surface area (Å²) in [6.45, 7) is 8.72. The second-order valence-electron chi connectivity index (χ2n) is 8.97. The maximum absolute atomic E-state index is 14.0. The van der Waals surface area contributed by atoms with Crippen LogP contribution in [0.3, 0.4) is 0 Å². The van der Waals surface area contributed by atoms with Crippen molar-refractivity contribution in [3.8, 4) is 5.69 Å². The highest BCUT2D eigenvalue weighted by molar-refractivity contribution is 7.99. The number of hydrogen-bond acceptors (Lipinski definition) is 6. The maximum atomic E-state index is 14.0. The van der Waals surface area contributed by atoms with Crippen LogP contribution in [-0.4, -0.2) is 36.4 Å². The molecule has 4 heterocycles. The SMILES string of the molecule is C=C(C)CSc1nnc2n(-c3ccccc3)c(=O)c3c4c(sc3n12)CN(Cc1ccccc1)CC4. The Kier molecular flexibility index (Phi) is 5.80. The van der Waals surface area contributed by atoms with Crippen LogP contribution in [0.1, 0.15) is 22.9 Å². The number of benzene rings is 2. The number of hydrogen-bond donors (Lipinski definition) is 0. The van der Waals surface area contributed by atoms with Crippen molar-refractivity contribution in [3.05, 3.63) is 99.2 Å². The van der Waals surface area contributed by atoms with Gasteiger partial charge in [-0.1, -0.05) is 72.4 Å². The molecule has 0 radical (unpaired) electrons. The van der Waals surface area contributed by atoms with Crippen molar-refractivity contribution in [3.63, 3.8) is 0 Å². The largest absolute Gasteiger partial charge is 0.294 e. The van der Waals surface area contributed by atoms with Gasteiger partial charge in [-0.25, -0.2) is 8.97 Å². The molecule has 0 unspecified atom stereocenters. The lowest BCUT2D eigenvalue weighted by Crippen LogP contribution is -2.30. The molecule has 0 spiro atoms. The van der Waals surface area contributed by atoms with Gasteiger partial charge in [0.05, 0.1) is 11.1 Å². The number of fused-ring (bicyclic) bond motifs is 5. The first-order valence-electron chi connectivity index (χ1n) is 11.6. The van der Waals surface area contributed by atoms with E-state index < -0.39 is 0 Å². The van der Waals surface area contributed by atoms with Gasteiger partial charge in [-0.2, -0.15) is 0 Å². The summed E-state index contributed by atoms with van der Waals surface area (Å²) < 4.78 is 3.78. The Bertz CT molecular complexity index is 1600. The van der Waals surface area contributed by atoms with E-state index >= 15 is 0 Å². The van der Waals surface area contributed by atoms with E-state index in [4.69, 9.17) is 0 Å². The summed E-state index contributed by atoms with van der Waals surface area (Å²) in [6.07, 6.45) is 0.855.